The molecule has 0 atom stereocenters. The molecule has 0 aliphatic heterocycles. The molecule has 3 nitrogen and oxygen atoms in total. The molecule has 3 rings (SSSR count). The van der Waals surface area contributed by atoms with Crippen molar-refractivity contribution in [3.8, 4) is 11.1 Å². The summed E-state index contributed by atoms with van der Waals surface area (Å²) in [6.07, 6.45) is -3.49. The number of aromatic nitrogens is 1. The number of alkyl halides is 6. The predicted octanol–water partition coefficient (Wildman–Crippen LogP) is 6.71. The number of rotatable bonds is 6. The van der Waals surface area contributed by atoms with E-state index in [1.54, 1.807) is 6.07 Å². The summed E-state index contributed by atoms with van der Waals surface area (Å²) in [6, 6.07) is 8.37. The molecule has 0 fully saturated rings. The summed E-state index contributed by atoms with van der Waals surface area (Å²) in [7, 11) is 0. The second-order valence-corrected chi connectivity index (χ2v) is 6.65. The van der Waals surface area contributed by atoms with Crippen LogP contribution in [0.3, 0.4) is 0 Å². The lowest BCUT2D eigenvalue weighted by atomic mass is 10.0. The van der Waals surface area contributed by atoms with Gasteiger partial charge in [0.15, 0.2) is 0 Å². The fourth-order valence-electron chi connectivity index (χ4n) is 3.12. The van der Waals surface area contributed by atoms with Crippen molar-refractivity contribution in [1.82, 2.24) is 4.98 Å². The van der Waals surface area contributed by atoms with Crippen LogP contribution in [0.4, 0.5) is 32.2 Å². The summed E-state index contributed by atoms with van der Waals surface area (Å²) in [5.41, 5.74) is 0.449. The van der Waals surface area contributed by atoms with Gasteiger partial charge in [-0.3, -0.25) is 0 Å². The molecule has 30 heavy (non-hydrogen) atoms. The molecule has 1 heterocycles. The number of anilines is 1. The number of hydrogen-bond donors (Lipinski definition) is 1. The molecule has 0 saturated heterocycles. The van der Waals surface area contributed by atoms with E-state index in [0.29, 0.717) is 37.2 Å². The van der Waals surface area contributed by atoms with Crippen LogP contribution >= 0.6 is 0 Å². The van der Waals surface area contributed by atoms with Crippen LogP contribution in [0.15, 0.2) is 66.1 Å². The molecule has 2 aromatic rings. The van der Waals surface area contributed by atoms with E-state index in [9.17, 15) is 26.3 Å². The number of nitrogens with zero attached hydrogens (tertiary/aromatic N) is 1. The van der Waals surface area contributed by atoms with Crippen LogP contribution in [-0.2, 0) is 10.9 Å². The Labute approximate surface area is 169 Å². The van der Waals surface area contributed by atoms with Crippen LogP contribution in [0.25, 0.3) is 11.1 Å². The summed E-state index contributed by atoms with van der Waals surface area (Å²) in [5.74, 6) is 0.247. The van der Waals surface area contributed by atoms with E-state index in [1.807, 2.05) is 0 Å². The fourth-order valence-corrected chi connectivity index (χ4v) is 3.12. The Morgan fingerprint density at radius 3 is 2.43 bits per heavy atom. The molecule has 1 aliphatic rings. The van der Waals surface area contributed by atoms with Gasteiger partial charge in [0, 0.05) is 18.3 Å². The number of nitrogens with one attached hydrogen (secondary N) is 1. The number of ether oxygens (including phenoxy) is 1. The highest BCUT2D eigenvalue weighted by atomic mass is 19.4. The zero-order valence-corrected chi connectivity index (χ0v) is 15.6. The Morgan fingerprint density at radius 2 is 1.77 bits per heavy atom. The van der Waals surface area contributed by atoms with E-state index in [2.05, 4.69) is 15.0 Å². The molecule has 1 N–H and O–H groups in total. The van der Waals surface area contributed by atoms with Gasteiger partial charge in [0.1, 0.15) is 11.6 Å². The first kappa shape index (κ1) is 21.7. The molecule has 1 aliphatic carbocycles. The lowest BCUT2D eigenvalue weighted by Gasteiger charge is -2.16. The fraction of sp³-hybridized carbons (Fsp3) is 0.286. The van der Waals surface area contributed by atoms with Crippen molar-refractivity contribution in [1.29, 1.82) is 0 Å². The highest BCUT2D eigenvalue weighted by Crippen LogP contribution is 2.36. The average molecular weight is 428 g/mol. The monoisotopic (exact) mass is 428 g/mol. The van der Waals surface area contributed by atoms with Gasteiger partial charge in [0.2, 0.25) is 0 Å². The minimum absolute atomic E-state index is 0.0420. The number of allylic oxidation sites excluding steroid dienone is 2. The Bertz CT molecular complexity index is 930. The van der Waals surface area contributed by atoms with Crippen molar-refractivity contribution in [2.75, 3.05) is 11.9 Å². The summed E-state index contributed by atoms with van der Waals surface area (Å²) in [6.45, 7) is 0.413. The number of halogens is 6. The molecular formula is C21H18F6N2O. The van der Waals surface area contributed by atoms with E-state index in [0.717, 1.165) is 11.6 Å². The maximum absolute atomic E-state index is 13.2. The van der Waals surface area contributed by atoms with Gasteiger partial charge in [-0.2, -0.15) is 13.2 Å². The first-order valence-corrected chi connectivity index (χ1v) is 9.14. The maximum Gasteiger partial charge on any atom is 0.573 e. The van der Waals surface area contributed by atoms with Crippen molar-refractivity contribution in [2.45, 2.75) is 31.8 Å². The molecule has 0 amide bonds. The number of pyridine rings is 1. The quantitative estimate of drug-likeness (QED) is 0.520. The standard InChI is InChI=1S/C21H18F6N2O/c22-20(23,24)18-7-2-1-6-17(18)15-8-9-19(29-13-15)28-11-10-14-4-3-5-16(12-14)30-21(25,26)27/h1-2,5-9,12-13H,3-4,10-11H2,(H,28,29). The molecule has 1 aromatic heterocycles. The van der Waals surface area contributed by atoms with Gasteiger partial charge in [-0.15, -0.1) is 13.2 Å². The van der Waals surface area contributed by atoms with Gasteiger partial charge >= 0.3 is 12.5 Å². The molecule has 0 radical (unpaired) electrons. The van der Waals surface area contributed by atoms with Crippen molar-refractivity contribution in [2.24, 2.45) is 0 Å². The highest BCUT2D eigenvalue weighted by molar-refractivity contribution is 5.68. The van der Waals surface area contributed by atoms with E-state index >= 15 is 0 Å². The van der Waals surface area contributed by atoms with Crippen molar-refractivity contribution in [3.05, 3.63) is 71.6 Å². The molecule has 0 bridgehead atoms. The zero-order chi connectivity index (χ0) is 21.8. The zero-order valence-electron chi connectivity index (χ0n) is 15.6. The minimum Gasteiger partial charge on any atom is -0.406 e. The predicted molar refractivity (Wildman–Crippen MR) is 100 cm³/mol. The third kappa shape index (κ3) is 6.01. The van der Waals surface area contributed by atoms with Crippen LogP contribution < -0.4 is 5.32 Å². The Morgan fingerprint density at radius 1 is 1.00 bits per heavy atom. The van der Waals surface area contributed by atoms with E-state index in [1.165, 1.54) is 42.6 Å². The first-order chi connectivity index (χ1) is 14.1. The maximum atomic E-state index is 13.2. The highest BCUT2D eigenvalue weighted by Gasteiger charge is 2.33. The number of hydrogen-bond acceptors (Lipinski definition) is 3. The first-order valence-electron chi connectivity index (χ1n) is 9.14. The van der Waals surface area contributed by atoms with Crippen LogP contribution in [-0.4, -0.2) is 17.9 Å². The average Bonchev–Trinajstić information content (AvgIpc) is 2.67. The molecule has 0 unspecified atom stereocenters. The van der Waals surface area contributed by atoms with Crippen molar-refractivity contribution in [3.63, 3.8) is 0 Å². The van der Waals surface area contributed by atoms with E-state index in [4.69, 9.17) is 0 Å². The third-order valence-electron chi connectivity index (χ3n) is 4.45. The minimum atomic E-state index is -4.72. The lowest BCUT2D eigenvalue weighted by Crippen LogP contribution is -2.14. The SMILES string of the molecule is FC(F)(F)OC1=CCCC(CCNc2ccc(-c3ccccc3C(F)(F)F)cn2)=C1. The van der Waals surface area contributed by atoms with Gasteiger partial charge in [-0.05, 0) is 55.2 Å². The summed E-state index contributed by atoms with van der Waals surface area (Å²) in [5, 5.41) is 3.02. The summed E-state index contributed by atoms with van der Waals surface area (Å²) in [4.78, 5) is 4.14. The van der Waals surface area contributed by atoms with E-state index < -0.39 is 18.1 Å². The van der Waals surface area contributed by atoms with Crippen LogP contribution in [0.1, 0.15) is 24.8 Å². The second kappa shape index (κ2) is 8.81. The Kier molecular flexibility index (Phi) is 6.38. The van der Waals surface area contributed by atoms with Gasteiger partial charge in [-0.1, -0.05) is 23.8 Å². The molecule has 0 saturated carbocycles. The topological polar surface area (TPSA) is 34.1 Å². The normalized spacial score (nSPS) is 14.7. The summed E-state index contributed by atoms with van der Waals surface area (Å²) >= 11 is 0. The van der Waals surface area contributed by atoms with Gasteiger partial charge in [0.25, 0.3) is 0 Å². The third-order valence-corrected chi connectivity index (χ3v) is 4.45. The van der Waals surface area contributed by atoms with Crippen LogP contribution in [0, 0.1) is 0 Å². The van der Waals surface area contributed by atoms with E-state index in [-0.39, 0.29) is 11.3 Å². The largest absolute Gasteiger partial charge is 0.573 e. The Hall–Kier alpha value is -2.97. The molecular weight excluding hydrogens is 410 g/mol. The van der Waals surface area contributed by atoms with Gasteiger partial charge in [-0.25, -0.2) is 4.98 Å². The Balaban J connectivity index is 1.59. The second-order valence-electron chi connectivity index (χ2n) is 6.65. The lowest BCUT2D eigenvalue weighted by molar-refractivity contribution is -0.303. The molecule has 0 spiro atoms. The van der Waals surface area contributed by atoms with Gasteiger partial charge < -0.3 is 10.1 Å². The van der Waals surface area contributed by atoms with Crippen molar-refractivity contribution >= 4 is 5.82 Å². The number of benzene rings is 1. The summed E-state index contributed by atoms with van der Waals surface area (Å²) < 4.78 is 80.4. The molecule has 9 heteroatoms. The molecule has 160 valence electrons. The van der Waals surface area contributed by atoms with Gasteiger partial charge in [0.05, 0.1) is 5.56 Å². The van der Waals surface area contributed by atoms with Crippen LogP contribution in [0.5, 0.6) is 0 Å². The van der Waals surface area contributed by atoms with Crippen LogP contribution in [0.2, 0.25) is 0 Å². The molecule has 1 aromatic carbocycles. The smallest absolute Gasteiger partial charge is 0.406 e. The van der Waals surface area contributed by atoms with Crippen molar-refractivity contribution < 1.29 is 31.1 Å².